The maximum Gasteiger partial charge on any atom is 0.291 e. The summed E-state index contributed by atoms with van der Waals surface area (Å²) >= 11 is 0. The van der Waals surface area contributed by atoms with Crippen molar-refractivity contribution in [3.63, 3.8) is 0 Å². The molecule has 1 N–H and O–H groups in total. The maximum absolute atomic E-state index is 11.9. The summed E-state index contributed by atoms with van der Waals surface area (Å²) in [6.45, 7) is 0. The zero-order valence-corrected chi connectivity index (χ0v) is 11.7. The van der Waals surface area contributed by atoms with Crippen molar-refractivity contribution in [2.45, 2.75) is 0 Å². The molecule has 0 aliphatic heterocycles. The van der Waals surface area contributed by atoms with E-state index >= 15 is 0 Å². The molecule has 0 radical (unpaired) electrons. The number of nitro benzene ring substituents is 1. The summed E-state index contributed by atoms with van der Waals surface area (Å²) in [5, 5.41) is 14.4. The smallest absolute Gasteiger partial charge is 0.291 e. The Labute approximate surface area is 129 Å². The fourth-order valence-electron chi connectivity index (χ4n) is 1.86. The van der Waals surface area contributed by atoms with Gasteiger partial charge < -0.3 is 4.40 Å². The second-order valence-corrected chi connectivity index (χ2v) is 4.52. The van der Waals surface area contributed by atoms with Gasteiger partial charge in [-0.3, -0.25) is 19.9 Å². The van der Waals surface area contributed by atoms with E-state index < -0.39 is 10.8 Å². The molecule has 0 atom stereocenters. The molecule has 0 aliphatic rings. The van der Waals surface area contributed by atoms with E-state index in [0.29, 0.717) is 11.2 Å². The number of carbonyl (C=O) groups is 1. The van der Waals surface area contributed by atoms with Gasteiger partial charge in [-0.15, -0.1) is 0 Å². The lowest BCUT2D eigenvalue weighted by Gasteiger charge is -1.95. The summed E-state index contributed by atoms with van der Waals surface area (Å²) in [5.74, 6) is -0.466. The zero-order valence-electron chi connectivity index (χ0n) is 11.7. The number of aromatic nitrogens is 3. The molecule has 9 heteroatoms. The molecular weight excluding hydrogens is 300 g/mol. The molecule has 1 aromatic carbocycles. The number of hydrogen-bond acceptors (Lipinski definition) is 6. The lowest BCUT2D eigenvalue weighted by Crippen LogP contribution is -2.17. The number of hydrogen-bond donors (Lipinski definition) is 1. The van der Waals surface area contributed by atoms with Crippen molar-refractivity contribution in [3.05, 3.63) is 70.4 Å². The summed E-state index contributed by atoms with van der Waals surface area (Å²) in [7, 11) is 0. The average molecular weight is 310 g/mol. The number of nitro groups is 1. The summed E-state index contributed by atoms with van der Waals surface area (Å²) in [4.78, 5) is 30.0. The van der Waals surface area contributed by atoms with Crippen LogP contribution in [-0.4, -0.2) is 31.4 Å². The molecule has 9 nitrogen and oxygen atoms in total. The van der Waals surface area contributed by atoms with Crippen LogP contribution in [0.3, 0.4) is 0 Å². The summed E-state index contributed by atoms with van der Waals surface area (Å²) < 4.78 is 1.67. The number of nitrogens with one attached hydrogen (secondary N) is 1. The third-order valence-corrected chi connectivity index (χ3v) is 2.98. The SMILES string of the molecule is O=C(N/N=C/c1ccc([N+](=O)[O-])cc1)c1cn2ccncc2n1. The van der Waals surface area contributed by atoms with Gasteiger partial charge in [0.05, 0.1) is 17.3 Å². The molecule has 2 aromatic heterocycles. The lowest BCUT2D eigenvalue weighted by atomic mass is 10.2. The van der Waals surface area contributed by atoms with Crippen molar-refractivity contribution in [3.8, 4) is 0 Å². The minimum atomic E-state index is -0.485. The number of hydrazone groups is 1. The Balaban J connectivity index is 1.67. The first-order chi connectivity index (χ1) is 11.1. The standard InChI is InChI=1S/C14H10N6O3/c21-14(12-9-19-6-5-15-8-13(19)17-12)18-16-7-10-1-3-11(4-2-10)20(22)23/h1-9H,(H,18,21)/b16-7+. The van der Waals surface area contributed by atoms with E-state index in [2.05, 4.69) is 20.5 Å². The Morgan fingerprint density at radius 3 is 2.83 bits per heavy atom. The minimum Gasteiger partial charge on any atom is -0.303 e. The van der Waals surface area contributed by atoms with Crippen LogP contribution in [0.2, 0.25) is 0 Å². The van der Waals surface area contributed by atoms with Crippen molar-refractivity contribution in [2.75, 3.05) is 0 Å². The zero-order chi connectivity index (χ0) is 16.2. The third kappa shape index (κ3) is 3.18. The maximum atomic E-state index is 11.9. The number of nitrogens with zero attached hydrogens (tertiary/aromatic N) is 5. The highest BCUT2D eigenvalue weighted by Gasteiger charge is 2.09. The number of amides is 1. The van der Waals surface area contributed by atoms with Gasteiger partial charge in [-0.2, -0.15) is 5.10 Å². The van der Waals surface area contributed by atoms with Crippen LogP contribution in [0.15, 0.2) is 54.2 Å². The van der Waals surface area contributed by atoms with Gasteiger partial charge in [0.2, 0.25) is 0 Å². The van der Waals surface area contributed by atoms with Gasteiger partial charge in [0, 0.05) is 30.7 Å². The average Bonchev–Trinajstić information content (AvgIpc) is 2.99. The summed E-state index contributed by atoms with van der Waals surface area (Å²) in [6.07, 6.45) is 7.76. The van der Waals surface area contributed by atoms with Gasteiger partial charge >= 0.3 is 0 Å². The Morgan fingerprint density at radius 1 is 1.35 bits per heavy atom. The summed E-state index contributed by atoms with van der Waals surface area (Å²) in [5.41, 5.74) is 3.72. The first-order valence-corrected chi connectivity index (χ1v) is 6.50. The van der Waals surface area contributed by atoms with Crippen LogP contribution in [0.4, 0.5) is 5.69 Å². The van der Waals surface area contributed by atoms with Crippen molar-refractivity contribution in [1.82, 2.24) is 19.8 Å². The molecule has 0 bridgehead atoms. The van der Waals surface area contributed by atoms with Crippen LogP contribution in [0.5, 0.6) is 0 Å². The molecule has 0 aliphatic carbocycles. The lowest BCUT2D eigenvalue weighted by molar-refractivity contribution is -0.384. The van der Waals surface area contributed by atoms with Crippen molar-refractivity contribution < 1.29 is 9.72 Å². The highest BCUT2D eigenvalue weighted by Crippen LogP contribution is 2.10. The normalized spacial score (nSPS) is 11.0. The van der Waals surface area contributed by atoms with E-state index in [1.807, 2.05) is 0 Å². The van der Waals surface area contributed by atoms with Gasteiger partial charge in [0.25, 0.3) is 11.6 Å². The van der Waals surface area contributed by atoms with E-state index in [-0.39, 0.29) is 11.4 Å². The van der Waals surface area contributed by atoms with Crippen LogP contribution in [0.1, 0.15) is 16.1 Å². The van der Waals surface area contributed by atoms with Crippen LogP contribution < -0.4 is 5.43 Å². The molecule has 114 valence electrons. The second kappa shape index (κ2) is 6.02. The summed E-state index contributed by atoms with van der Waals surface area (Å²) in [6, 6.07) is 5.78. The second-order valence-electron chi connectivity index (χ2n) is 4.52. The molecule has 0 saturated heterocycles. The van der Waals surface area contributed by atoms with Crippen LogP contribution in [0.25, 0.3) is 5.65 Å². The third-order valence-electron chi connectivity index (χ3n) is 2.98. The number of fused-ring (bicyclic) bond motifs is 1. The van der Waals surface area contributed by atoms with E-state index in [0.717, 1.165) is 0 Å². The number of benzene rings is 1. The molecule has 0 spiro atoms. The molecule has 2 heterocycles. The number of carbonyl (C=O) groups excluding carboxylic acids is 1. The Hall–Kier alpha value is -3.62. The first kappa shape index (κ1) is 14.3. The van der Waals surface area contributed by atoms with E-state index in [1.165, 1.54) is 36.7 Å². The molecule has 23 heavy (non-hydrogen) atoms. The van der Waals surface area contributed by atoms with Crippen molar-refractivity contribution in [1.29, 1.82) is 0 Å². The van der Waals surface area contributed by atoms with E-state index in [4.69, 9.17) is 0 Å². The highest BCUT2D eigenvalue weighted by atomic mass is 16.6. The van der Waals surface area contributed by atoms with Crippen LogP contribution >= 0.6 is 0 Å². The van der Waals surface area contributed by atoms with Gasteiger partial charge in [0.15, 0.2) is 5.65 Å². The number of imidazole rings is 1. The molecular formula is C14H10N6O3. The number of non-ortho nitro benzene ring substituents is 1. The van der Waals surface area contributed by atoms with Gasteiger partial charge in [-0.25, -0.2) is 10.4 Å². The highest BCUT2D eigenvalue weighted by molar-refractivity contribution is 5.93. The fourth-order valence-corrected chi connectivity index (χ4v) is 1.86. The van der Waals surface area contributed by atoms with E-state index in [1.54, 1.807) is 23.0 Å². The Bertz CT molecular complexity index is 867. The fraction of sp³-hybridized carbons (Fsp3) is 0. The van der Waals surface area contributed by atoms with Gasteiger partial charge in [0.1, 0.15) is 5.69 Å². The monoisotopic (exact) mass is 310 g/mol. The Kier molecular flexibility index (Phi) is 3.75. The topological polar surface area (TPSA) is 115 Å². The molecule has 0 saturated carbocycles. The predicted octanol–water partition coefficient (Wildman–Crippen LogP) is 1.40. The van der Waals surface area contributed by atoms with Gasteiger partial charge in [-0.05, 0) is 17.7 Å². The molecule has 0 fully saturated rings. The predicted molar refractivity (Wildman–Crippen MR) is 81.1 cm³/mol. The van der Waals surface area contributed by atoms with Crippen molar-refractivity contribution in [2.24, 2.45) is 5.10 Å². The van der Waals surface area contributed by atoms with Crippen molar-refractivity contribution >= 4 is 23.5 Å². The van der Waals surface area contributed by atoms with Gasteiger partial charge in [-0.1, -0.05) is 0 Å². The largest absolute Gasteiger partial charge is 0.303 e. The van der Waals surface area contributed by atoms with Crippen LogP contribution in [-0.2, 0) is 0 Å². The molecule has 0 unspecified atom stereocenters. The Morgan fingerprint density at radius 2 is 2.13 bits per heavy atom. The minimum absolute atomic E-state index is 0.00973. The van der Waals surface area contributed by atoms with E-state index in [9.17, 15) is 14.9 Å². The molecule has 3 aromatic rings. The molecule has 1 amide bonds. The van der Waals surface area contributed by atoms with Crippen LogP contribution in [0, 0.1) is 10.1 Å². The number of rotatable bonds is 4. The molecule has 3 rings (SSSR count). The first-order valence-electron chi connectivity index (χ1n) is 6.50. The quantitative estimate of drug-likeness (QED) is 0.444.